The lowest BCUT2D eigenvalue weighted by Crippen LogP contribution is -2.31. The van der Waals surface area contributed by atoms with E-state index < -0.39 is 0 Å². The molecule has 0 amide bonds. The summed E-state index contributed by atoms with van der Waals surface area (Å²) >= 11 is 3.69. The molecule has 29 heavy (non-hydrogen) atoms. The molecule has 1 aliphatic carbocycles. The summed E-state index contributed by atoms with van der Waals surface area (Å²) in [6, 6.07) is 11.4. The molecule has 2 aromatic carbocycles. The molecule has 0 saturated carbocycles. The van der Waals surface area contributed by atoms with Crippen LogP contribution in [0.5, 0.6) is 11.5 Å². The zero-order valence-electron chi connectivity index (χ0n) is 17.1. The zero-order valence-corrected chi connectivity index (χ0v) is 18.6. The van der Waals surface area contributed by atoms with Crippen LogP contribution in [0.15, 0.2) is 52.1 Å². The largest absolute Gasteiger partial charge is 0.497 e. The van der Waals surface area contributed by atoms with Crippen LogP contribution in [0.25, 0.3) is 0 Å². The third-order valence-electron chi connectivity index (χ3n) is 5.53. The monoisotopic (exact) mass is 456 g/mol. The summed E-state index contributed by atoms with van der Waals surface area (Å²) in [7, 11) is 3.26. The van der Waals surface area contributed by atoms with Crippen LogP contribution >= 0.6 is 15.9 Å². The van der Waals surface area contributed by atoms with E-state index in [-0.39, 0.29) is 17.2 Å². The van der Waals surface area contributed by atoms with Crippen molar-refractivity contribution in [3.05, 3.63) is 57.7 Å². The Kier molecular flexibility index (Phi) is 5.07. The molecule has 4 rings (SSSR count). The van der Waals surface area contributed by atoms with Crippen LogP contribution in [-0.4, -0.2) is 20.0 Å². The van der Waals surface area contributed by atoms with Gasteiger partial charge in [-0.25, -0.2) is 0 Å². The third kappa shape index (κ3) is 3.62. The number of carbonyl (C=O) groups excluding carboxylic acids is 1. The van der Waals surface area contributed by atoms with Crippen molar-refractivity contribution in [1.29, 1.82) is 0 Å². The fourth-order valence-electron chi connectivity index (χ4n) is 4.24. The van der Waals surface area contributed by atoms with Crippen LogP contribution in [0, 0.1) is 5.41 Å². The first-order chi connectivity index (χ1) is 13.8. The molecule has 0 spiro atoms. The van der Waals surface area contributed by atoms with E-state index in [0.717, 1.165) is 39.1 Å². The molecule has 1 atom stereocenters. The lowest BCUT2D eigenvalue weighted by Gasteiger charge is -2.34. The van der Waals surface area contributed by atoms with Gasteiger partial charge in [-0.2, -0.15) is 0 Å². The van der Waals surface area contributed by atoms with Crippen molar-refractivity contribution < 1.29 is 14.3 Å². The van der Waals surface area contributed by atoms with Gasteiger partial charge in [0.2, 0.25) is 0 Å². The summed E-state index contributed by atoms with van der Waals surface area (Å²) in [6.45, 7) is 4.28. The van der Waals surface area contributed by atoms with Crippen molar-refractivity contribution in [1.82, 2.24) is 0 Å². The molecule has 0 saturated heterocycles. The first-order valence-corrected chi connectivity index (χ1v) is 10.4. The summed E-state index contributed by atoms with van der Waals surface area (Å²) in [5, 5.41) is 7.14. The fourth-order valence-corrected chi connectivity index (χ4v) is 4.89. The van der Waals surface area contributed by atoms with Gasteiger partial charge in [-0.15, -0.1) is 0 Å². The Hall–Kier alpha value is -2.47. The average Bonchev–Trinajstić information content (AvgIpc) is 2.82. The highest BCUT2D eigenvalue weighted by Gasteiger charge is 2.40. The molecule has 5 nitrogen and oxygen atoms in total. The van der Waals surface area contributed by atoms with Crippen LogP contribution in [0.4, 0.5) is 11.4 Å². The number of ether oxygens (including phenoxy) is 2. The highest BCUT2D eigenvalue weighted by molar-refractivity contribution is 9.10. The molecule has 0 aromatic heterocycles. The van der Waals surface area contributed by atoms with Gasteiger partial charge >= 0.3 is 0 Å². The molecule has 1 unspecified atom stereocenters. The number of benzene rings is 2. The second kappa shape index (κ2) is 7.41. The van der Waals surface area contributed by atoms with Crippen molar-refractivity contribution in [2.45, 2.75) is 32.7 Å². The zero-order chi connectivity index (χ0) is 20.8. The fraction of sp³-hybridized carbons (Fsp3) is 0.348. The second-order valence-corrected chi connectivity index (χ2v) is 9.16. The molecule has 152 valence electrons. The number of methoxy groups -OCH3 is 2. The number of carbonyl (C=O) groups is 1. The summed E-state index contributed by atoms with van der Waals surface area (Å²) < 4.78 is 11.9. The normalized spacial score (nSPS) is 20.0. The first-order valence-electron chi connectivity index (χ1n) is 9.63. The van der Waals surface area contributed by atoms with Crippen LogP contribution in [0.1, 0.15) is 38.3 Å². The Morgan fingerprint density at radius 2 is 1.79 bits per heavy atom. The Balaban J connectivity index is 1.95. The highest BCUT2D eigenvalue weighted by atomic mass is 79.9. The molecule has 1 heterocycles. The highest BCUT2D eigenvalue weighted by Crippen LogP contribution is 2.49. The summed E-state index contributed by atoms with van der Waals surface area (Å²) in [5.41, 5.74) is 4.45. The van der Waals surface area contributed by atoms with E-state index in [1.807, 2.05) is 36.4 Å². The van der Waals surface area contributed by atoms with E-state index in [4.69, 9.17) is 9.47 Å². The summed E-state index contributed by atoms with van der Waals surface area (Å²) in [4.78, 5) is 13.3. The number of hydrogen-bond donors (Lipinski definition) is 2. The van der Waals surface area contributed by atoms with Gasteiger partial charge in [0.1, 0.15) is 11.5 Å². The molecule has 2 aliphatic rings. The average molecular weight is 457 g/mol. The van der Waals surface area contributed by atoms with E-state index in [1.165, 1.54) is 0 Å². The molecule has 1 aliphatic heterocycles. The number of para-hydroxylation sites is 2. The minimum atomic E-state index is -0.347. The molecule has 6 heteroatoms. The molecule has 2 N–H and O–H groups in total. The van der Waals surface area contributed by atoms with Crippen LogP contribution in [0.3, 0.4) is 0 Å². The van der Waals surface area contributed by atoms with Crippen molar-refractivity contribution in [2.24, 2.45) is 5.41 Å². The van der Waals surface area contributed by atoms with Crippen LogP contribution in [-0.2, 0) is 4.79 Å². The number of allylic oxidation sites excluding steroid dienone is 1. The van der Waals surface area contributed by atoms with E-state index in [1.54, 1.807) is 14.2 Å². The first kappa shape index (κ1) is 19.8. The lowest BCUT2D eigenvalue weighted by molar-refractivity contribution is -0.118. The van der Waals surface area contributed by atoms with Crippen LogP contribution in [0.2, 0.25) is 0 Å². The van der Waals surface area contributed by atoms with Gasteiger partial charge in [0.15, 0.2) is 5.78 Å². The molecule has 2 aromatic rings. The van der Waals surface area contributed by atoms with Crippen molar-refractivity contribution >= 4 is 33.1 Å². The smallest absolute Gasteiger partial charge is 0.163 e. The van der Waals surface area contributed by atoms with E-state index in [2.05, 4.69) is 40.4 Å². The molecule has 0 fully saturated rings. The Morgan fingerprint density at radius 1 is 1.07 bits per heavy atom. The predicted molar refractivity (Wildman–Crippen MR) is 119 cm³/mol. The molecular weight excluding hydrogens is 432 g/mol. The Bertz CT molecular complexity index is 1010. The van der Waals surface area contributed by atoms with E-state index in [0.29, 0.717) is 17.9 Å². The quantitative estimate of drug-likeness (QED) is 0.621. The molecule has 0 radical (unpaired) electrons. The minimum absolute atomic E-state index is 0.0893. The van der Waals surface area contributed by atoms with E-state index in [9.17, 15) is 4.79 Å². The lowest BCUT2D eigenvalue weighted by atomic mass is 9.73. The number of halogens is 1. The maximum atomic E-state index is 13.3. The molecular formula is C23H25BrN2O3. The SMILES string of the molecule is COc1cc(Br)c(C2Nc3ccccc3NC3=C2C(=O)CC(C)(C)C3)c(OC)c1. The number of ketones is 1. The maximum Gasteiger partial charge on any atom is 0.163 e. The number of hydrogen-bond acceptors (Lipinski definition) is 5. The number of nitrogens with one attached hydrogen (secondary N) is 2. The Labute approximate surface area is 179 Å². The van der Waals surface area contributed by atoms with Gasteiger partial charge in [0.05, 0.1) is 31.6 Å². The summed E-state index contributed by atoms with van der Waals surface area (Å²) in [5.74, 6) is 1.51. The number of rotatable bonds is 3. The molecule has 0 bridgehead atoms. The predicted octanol–water partition coefficient (Wildman–Crippen LogP) is 5.69. The number of fused-ring (bicyclic) bond motifs is 1. The standard InChI is InChI=1S/C23H25BrN2O3/c1-23(2)11-17-21(18(27)12-23)22(26-16-8-6-5-7-15(16)25-17)20-14(24)9-13(28-3)10-19(20)29-4/h5-10,22,25-26H,11-12H2,1-4H3. The minimum Gasteiger partial charge on any atom is -0.497 e. The van der Waals surface area contributed by atoms with Crippen molar-refractivity contribution in [3.63, 3.8) is 0 Å². The van der Waals surface area contributed by atoms with Gasteiger partial charge in [0.25, 0.3) is 0 Å². The Morgan fingerprint density at radius 3 is 2.48 bits per heavy atom. The number of Topliss-reactive ketones (excluding diaryl/α,β-unsaturated/α-hetero) is 1. The second-order valence-electron chi connectivity index (χ2n) is 8.31. The topological polar surface area (TPSA) is 59.6 Å². The van der Waals surface area contributed by atoms with Gasteiger partial charge in [-0.3, -0.25) is 4.79 Å². The third-order valence-corrected chi connectivity index (χ3v) is 6.19. The van der Waals surface area contributed by atoms with Gasteiger partial charge in [-0.1, -0.05) is 41.9 Å². The van der Waals surface area contributed by atoms with E-state index >= 15 is 0 Å². The maximum absolute atomic E-state index is 13.3. The number of anilines is 2. The summed E-state index contributed by atoms with van der Waals surface area (Å²) in [6.07, 6.45) is 1.31. The van der Waals surface area contributed by atoms with Crippen LogP contribution < -0.4 is 20.1 Å². The van der Waals surface area contributed by atoms with Gasteiger partial charge < -0.3 is 20.1 Å². The van der Waals surface area contributed by atoms with Crippen molar-refractivity contribution in [3.8, 4) is 11.5 Å². The van der Waals surface area contributed by atoms with Gasteiger partial charge in [0, 0.05) is 33.8 Å². The van der Waals surface area contributed by atoms with Crippen molar-refractivity contribution in [2.75, 3.05) is 24.9 Å². The van der Waals surface area contributed by atoms with Gasteiger partial charge in [-0.05, 0) is 30.0 Å².